The Balaban J connectivity index is 1.51. The Kier molecular flexibility index (Phi) is 4.74. The fourth-order valence-corrected chi connectivity index (χ4v) is 5.38. The van der Waals surface area contributed by atoms with Crippen molar-refractivity contribution in [3.8, 4) is 5.75 Å². The Labute approximate surface area is 186 Å². The van der Waals surface area contributed by atoms with Gasteiger partial charge in [-0.1, -0.05) is 30.3 Å². The normalized spacial score (nSPS) is 20.8. The average molecular weight is 434 g/mol. The molecule has 5 rings (SSSR count). The van der Waals surface area contributed by atoms with Crippen LogP contribution in [-0.2, 0) is 33.7 Å². The SMILES string of the molecule is COC(=O)[C@H](Cc1ccc(O)cc1)N1C(=O)[C@@H]2Cc3c([nH]c4ccccc34)CN2C1(C)C. The van der Waals surface area contributed by atoms with E-state index in [-0.39, 0.29) is 17.7 Å². The summed E-state index contributed by atoms with van der Waals surface area (Å²) >= 11 is 0. The molecule has 2 N–H and O–H groups in total. The molecule has 0 radical (unpaired) electrons. The lowest BCUT2D eigenvalue weighted by atomic mass is 9.96. The topological polar surface area (TPSA) is 85.9 Å². The minimum Gasteiger partial charge on any atom is -0.508 e. The summed E-state index contributed by atoms with van der Waals surface area (Å²) in [5, 5.41) is 10.8. The first kappa shape index (κ1) is 20.6. The summed E-state index contributed by atoms with van der Waals surface area (Å²) in [6.45, 7) is 4.59. The van der Waals surface area contributed by atoms with Crippen LogP contribution in [0.25, 0.3) is 10.9 Å². The number of aromatic amines is 1. The number of nitrogens with zero attached hydrogens (tertiary/aromatic N) is 2. The maximum Gasteiger partial charge on any atom is 0.328 e. The maximum absolute atomic E-state index is 13.8. The van der Waals surface area contributed by atoms with Gasteiger partial charge >= 0.3 is 5.97 Å². The molecular formula is C25H27N3O4. The van der Waals surface area contributed by atoms with Gasteiger partial charge in [0, 0.05) is 29.6 Å². The summed E-state index contributed by atoms with van der Waals surface area (Å²) in [6.07, 6.45) is 0.919. The van der Waals surface area contributed by atoms with Gasteiger partial charge in [-0.2, -0.15) is 0 Å². The van der Waals surface area contributed by atoms with Gasteiger partial charge in [0.1, 0.15) is 11.8 Å². The van der Waals surface area contributed by atoms with Crippen LogP contribution in [0.3, 0.4) is 0 Å². The Morgan fingerprint density at radius 2 is 1.94 bits per heavy atom. The van der Waals surface area contributed by atoms with Crippen molar-refractivity contribution in [2.45, 2.75) is 51.0 Å². The highest BCUT2D eigenvalue weighted by Crippen LogP contribution is 2.42. The van der Waals surface area contributed by atoms with E-state index in [1.54, 1.807) is 29.2 Å². The molecule has 166 valence electrons. The molecule has 1 fully saturated rings. The highest BCUT2D eigenvalue weighted by molar-refractivity contribution is 5.92. The van der Waals surface area contributed by atoms with Crippen LogP contribution in [0.2, 0.25) is 0 Å². The fraction of sp³-hybridized carbons (Fsp3) is 0.360. The van der Waals surface area contributed by atoms with Gasteiger partial charge in [-0.25, -0.2) is 4.79 Å². The number of methoxy groups -OCH3 is 1. The zero-order valence-corrected chi connectivity index (χ0v) is 18.5. The number of rotatable bonds is 4. The molecule has 2 aliphatic heterocycles. The molecule has 0 spiro atoms. The number of para-hydroxylation sites is 1. The number of esters is 1. The monoisotopic (exact) mass is 433 g/mol. The van der Waals surface area contributed by atoms with Gasteiger partial charge < -0.3 is 19.7 Å². The third-order valence-electron chi connectivity index (χ3n) is 6.97. The van der Waals surface area contributed by atoms with E-state index in [4.69, 9.17) is 4.74 Å². The predicted molar refractivity (Wildman–Crippen MR) is 120 cm³/mol. The second-order valence-corrected chi connectivity index (χ2v) is 9.09. The molecule has 32 heavy (non-hydrogen) atoms. The number of phenolic OH excluding ortho intramolecular Hbond substituents is 1. The van der Waals surface area contributed by atoms with Gasteiger partial charge in [-0.05, 0) is 49.6 Å². The lowest BCUT2D eigenvalue weighted by Gasteiger charge is -2.42. The number of amides is 1. The van der Waals surface area contributed by atoms with E-state index in [2.05, 4.69) is 22.0 Å². The zero-order chi connectivity index (χ0) is 22.6. The number of fused-ring (bicyclic) bond motifs is 4. The molecule has 7 heteroatoms. The van der Waals surface area contributed by atoms with Crippen LogP contribution in [0, 0.1) is 0 Å². The Morgan fingerprint density at radius 3 is 2.66 bits per heavy atom. The molecule has 7 nitrogen and oxygen atoms in total. The first-order chi connectivity index (χ1) is 15.3. The van der Waals surface area contributed by atoms with Crippen molar-refractivity contribution in [3.05, 3.63) is 65.4 Å². The van der Waals surface area contributed by atoms with Gasteiger partial charge in [0.25, 0.3) is 0 Å². The number of ether oxygens (including phenoxy) is 1. The molecule has 2 atom stereocenters. The molecule has 1 saturated heterocycles. The molecular weight excluding hydrogens is 406 g/mol. The van der Waals surface area contributed by atoms with E-state index in [1.807, 2.05) is 26.0 Å². The van der Waals surface area contributed by atoms with Crippen LogP contribution in [0.15, 0.2) is 48.5 Å². The summed E-state index contributed by atoms with van der Waals surface area (Å²) in [5.74, 6) is -0.338. The second-order valence-electron chi connectivity index (χ2n) is 9.09. The average Bonchev–Trinajstić information content (AvgIpc) is 3.24. The van der Waals surface area contributed by atoms with E-state index in [0.717, 1.165) is 22.2 Å². The van der Waals surface area contributed by atoms with E-state index < -0.39 is 17.7 Å². The number of phenols is 1. The molecule has 1 amide bonds. The molecule has 3 heterocycles. The minimum atomic E-state index is -0.757. The number of carbonyl (C=O) groups is 2. The van der Waals surface area contributed by atoms with Crippen LogP contribution in [0.5, 0.6) is 5.75 Å². The molecule has 0 saturated carbocycles. The molecule has 0 unspecified atom stereocenters. The van der Waals surface area contributed by atoms with Crippen LogP contribution in [0.4, 0.5) is 0 Å². The van der Waals surface area contributed by atoms with Crippen molar-refractivity contribution in [1.82, 2.24) is 14.8 Å². The van der Waals surface area contributed by atoms with Gasteiger partial charge in [0.15, 0.2) is 0 Å². The van der Waals surface area contributed by atoms with Crippen LogP contribution >= 0.6 is 0 Å². The highest BCUT2D eigenvalue weighted by atomic mass is 16.5. The number of nitrogens with one attached hydrogen (secondary N) is 1. The number of carbonyl (C=O) groups excluding carboxylic acids is 2. The fourth-order valence-electron chi connectivity index (χ4n) is 5.38. The standard InChI is InChI=1S/C25H27N3O4/c1-25(2)27-14-20-18(17-6-4-5-7-19(17)26-20)13-21(27)23(30)28(25)22(24(31)32-3)12-15-8-10-16(29)11-9-15/h4-11,21-22,26,29H,12-14H2,1-3H3/t21-,22-/m0/s1. The number of aromatic nitrogens is 1. The summed E-state index contributed by atoms with van der Waals surface area (Å²) in [7, 11) is 1.35. The number of H-pyrrole nitrogens is 1. The lowest BCUT2D eigenvalue weighted by Crippen LogP contribution is -2.56. The largest absolute Gasteiger partial charge is 0.508 e. The molecule has 0 aliphatic carbocycles. The van der Waals surface area contributed by atoms with Crippen LogP contribution in [0.1, 0.15) is 30.7 Å². The lowest BCUT2D eigenvalue weighted by molar-refractivity contribution is -0.155. The predicted octanol–water partition coefficient (Wildman–Crippen LogP) is 2.96. The van der Waals surface area contributed by atoms with Crippen LogP contribution in [-0.4, -0.2) is 56.6 Å². The van der Waals surface area contributed by atoms with Crippen molar-refractivity contribution < 1.29 is 19.4 Å². The smallest absolute Gasteiger partial charge is 0.328 e. The molecule has 2 aromatic carbocycles. The van der Waals surface area contributed by atoms with Gasteiger partial charge in [0.2, 0.25) is 5.91 Å². The number of aromatic hydroxyl groups is 1. The summed E-state index contributed by atoms with van der Waals surface area (Å²) in [5.41, 5.74) is 3.56. The molecule has 2 aliphatic rings. The van der Waals surface area contributed by atoms with E-state index >= 15 is 0 Å². The van der Waals surface area contributed by atoms with Crippen molar-refractivity contribution in [3.63, 3.8) is 0 Å². The van der Waals surface area contributed by atoms with E-state index in [9.17, 15) is 14.7 Å². The Morgan fingerprint density at radius 1 is 1.22 bits per heavy atom. The van der Waals surface area contributed by atoms with E-state index in [1.165, 1.54) is 12.7 Å². The maximum atomic E-state index is 13.8. The molecule has 1 aromatic heterocycles. The Bertz CT molecular complexity index is 1200. The zero-order valence-electron chi connectivity index (χ0n) is 18.5. The summed E-state index contributed by atoms with van der Waals surface area (Å²) in [6, 6.07) is 13.8. The first-order valence-corrected chi connectivity index (χ1v) is 10.9. The second kappa shape index (κ2) is 7.38. The van der Waals surface area contributed by atoms with E-state index in [0.29, 0.717) is 19.4 Å². The van der Waals surface area contributed by atoms with Crippen molar-refractivity contribution in [1.29, 1.82) is 0 Å². The molecule has 0 bridgehead atoms. The van der Waals surface area contributed by atoms with Crippen molar-refractivity contribution in [2.24, 2.45) is 0 Å². The van der Waals surface area contributed by atoms with Crippen LogP contribution < -0.4 is 0 Å². The molecule has 3 aromatic rings. The Hall–Kier alpha value is -3.32. The number of hydrogen-bond acceptors (Lipinski definition) is 5. The summed E-state index contributed by atoms with van der Waals surface area (Å²) in [4.78, 5) is 34.0. The number of benzene rings is 2. The third-order valence-corrected chi connectivity index (χ3v) is 6.97. The van der Waals surface area contributed by atoms with Gasteiger partial charge in [-0.3, -0.25) is 9.69 Å². The third kappa shape index (κ3) is 3.07. The highest BCUT2D eigenvalue weighted by Gasteiger charge is 2.56. The summed E-state index contributed by atoms with van der Waals surface area (Å²) < 4.78 is 5.11. The quantitative estimate of drug-likeness (QED) is 0.618. The van der Waals surface area contributed by atoms with Crippen molar-refractivity contribution in [2.75, 3.05) is 7.11 Å². The minimum absolute atomic E-state index is 0.0555. The number of hydrogen-bond donors (Lipinski definition) is 2. The van der Waals surface area contributed by atoms with Gasteiger partial charge in [-0.15, -0.1) is 0 Å². The van der Waals surface area contributed by atoms with Crippen molar-refractivity contribution >= 4 is 22.8 Å². The van der Waals surface area contributed by atoms with Gasteiger partial charge in [0.05, 0.1) is 18.8 Å². The first-order valence-electron chi connectivity index (χ1n) is 10.9.